The van der Waals surface area contributed by atoms with E-state index in [4.69, 9.17) is 4.74 Å². The third-order valence-electron chi connectivity index (χ3n) is 2.95. The summed E-state index contributed by atoms with van der Waals surface area (Å²) in [5, 5.41) is 3.07. The van der Waals surface area contributed by atoms with Crippen LogP contribution in [0, 0.1) is 5.92 Å². The molecule has 0 amide bonds. The van der Waals surface area contributed by atoms with E-state index >= 15 is 0 Å². The molecule has 0 aromatic heterocycles. The molecule has 0 radical (unpaired) electrons. The molecule has 4 heteroatoms. The van der Waals surface area contributed by atoms with Crippen molar-refractivity contribution in [3.8, 4) is 0 Å². The molecule has 0 aliphatic heterocycles. The number of carbonyl (C=O) groups is 1. The van der Waals surface area contributed by atoms with Crippen LogP contribution in [0.2, 0.25) is 0 Å². The molecule has 102 valence electrons. The number of likely N-dealkylation sites (N-methyl/N-ethyl adjacent to an activating group) is 1. The van der Waals surface area contributed by atoms with Gasteiger partial charge in [0.15, 0.2) is 0 Å². The zero-order valence-electron chi connectivity index (χ0n) is 12.2. The van der Waals surface area contributed by atoms with Crippen LogP contribution >= 0.6 is 0 Å². The third kappa shape index (κ3) is 6.03. The van der Waals surface area contributed by atoms with E-state index in [-0.39, 0.29) is 5.97 Å². The van der Waals surface area contributed by atoms with Crippen molar-refractivity contribution in [2.75, 3.05) is 33.8 Å². The molecule has 0 aliphatic rings. The maximum absolute atomic E-state index is 11.8. The quantitative estimate of drug-likeness (QED) is 0.657. The Balaban J connectivity index is 4.24. The second kappa shape index (κ2) is 7.67. The van der Waals surface area contributed by atoms with E-state index in [0.717, 1.165) is 19.5 Å². The zero-order chi connectivity index (χ0) is 13.5. The van der Waals surface area contributed by atoms with Gasteiger partial charge >= 0.3 is 5.97 Å². The first-order valence-electron chi connectivity index (χ1n) is 6.40. The predicted octanol–water partition coefficient (Wildman–Crippen LogP) is 1.51. The van der Waals surface area contributed by atoms with Crippen LogP contribution in [-0.2, 0) is 9.53 Å². The summed E-state index contributed by atoms with van der Waals surface area (Å²) in [6.07, 6.45) is 0.756. The van der Waals surface area contributed by atoms with Gasteiger partial charge in [-0.05, 0) is 40.3 Å². The normalized spacial score (nSPS) is 15.1. The number of rotatable bonds is 8. The molecular formula is C13H28N2O2. The van der Waals surface area contributed by atoms with E-state index in [1.165, 1.54) is 0 Å². The molecule has 1 unspecified atom stereocenters. The molecule has 0 saturated heterocycles. The van der Waals surface area contributed by atoms with Gasteiger partial charge in [-0.25, -0.2) is 0 Å². The lowest BCUT2D eigenvalue weighted by atomic mass is 9.98. The summed E-state index contributed by atoms with van der Waals surface area (Å²) >= 11 is 0. The van der Waals surface area contributed by atoms with Crippen molar-refractivity contribution in [2.24, 2.45) is 5.92 Å². The molecule has 0 saturated carbocycles. The van der Waals surface area contributed by atoms with Crippen LogP contribution in [0.1, 0.15) is 34.1 Å². The van der Waals surface area contributed by atoms with E-state index in [1.807, 2.05) is 13.8 Å². The molecule has 0 bridgehead atoms. The van der Waals surface area contributed by atoms with Gasteiger partial charge in [-0.1, -0.05) is 13.8 Å². The number of ether oxygens (including phenoxy) is 1. The monoisotopic (exact) mass is 244 g/mol. The Bertz CT molecular complexity index is 231. The van der Waals surface area contributed by atoms with Crippen LogP contribution in [0.4, 0.5) is 0 Å². The SMILES string of the molecule is CCOC(=O)C(C)(CCN(C)CC(C)C)NC. The molecule has 0 aliphatic carbocycles. The Labute approximate surface area is 106 Å². The van der Waals surface area contributed by atoms with E-state index < -0.39 is 5.54 Å². The molecular weight excluding hydrogens is 216 g/mol. The van der Waals surface area contributed by atoms with Crippen LogP contribution in [0.15, 0.2) is 0 Å². The molecule has 4 nitrogen and oxygen atoms in total. The average Bonchev–Trinajstić information content (AvgIpc) is 2.25. The standard InChI is InChI=1S/C13H28N2O2/c1-7-17-12(16)13(4,14-5)8-9-15(6)10-11(2)3/h11,14H,7-10H2,1-6H3. The lowest BCUT2D eigenvalue weighted by Gasteiger charge is -2.29. The lowest BCUT2D eigenvalue weighted by Crippen LogP contribution is -2.50. The summed E-state index contributed by atoms with van der Waals surface area (Å²) in [6, 6.07) is 0. The van der Waals surface area contributed by atoms with Crippen LogP contribution in [0.25, 0.3) is 0 Å². The Morgan fingerprint density at radius 1 is 1.47 bits per heavy atom. The highest BCUT2D eigenvalue weighted by Gasteiger charge is 2.32. The zero-order valence-corrected chi connectivity index (χ0v) is 12.2. The van der Waals surface area contributed by atoms with Gasteiger partial charge in [0.05, 0.1) is 6.61 Å². The van der Waals surface area contributed by atoms with Gasteiger partial charge in [0.2, 0.25) is 0 Å². The van der Waals surface area contributed by atoms with Crippen LogP contribution in [-0.4, -0.2) is 50.2 Å². The number of hydrogen-bond acceptors (Lipinski definition) is 4. The summed E-state index contributed by atoms with van der Waals surface area (Å²) in [4.78, 5) is 14.1. The fourth-order valence-corrected chi connectivity index (χ4v) is 1.75. The fourth-order valence-electron chi connectivity index (χ4n) is 1.75. The first-order valence-corrected chi connectivity index (χ1v) is 6.40. The molecule has 0 aromatic carbocycles. The van der Waals surface area contributed by atoms with Crippen molar-refractivity contribution in [1.82, 2.24) is 10.2 Å². The Morgan fingerprint density at radius 3 is 2.47 bits per heavy atom. The van der Waals surface area contributed by atoms with Crippen molar-refractivity contribution in [3.05, 3.63) is 0 Å². The van der Waals surface area contributed by atoms with E-state index in [0.29, 0.717) is 12.5 Å². The Morgan fingerprint density at radius 2 is 2.06 bits per heavy atom. The molecule has 0 aromatic rings. The van der Waals surface area contributed by atoms with Gasteiger partial charge in [-0.2, -0.15) is 0 Å². The maximum atomic E-state index is 11.8. The van der Waals surface area contributed by atoms with E-state index in [1.54, 1.807) is 7.05 Å². The summed E-state index contributed by atoms with van der Waals surface area (Å²) in [5.41, 5.74) is -0.582. The third-order valence-corrected chi connectivity index (χ3v) is 2.95. The maximum Gasteiger partial charge on any atom is 0.326 e. The van der Waals surface area contributed by atoms with Crippen LogP contribution < -0.4 is 5.32 Å². The summed E-state index contributed by atoms with van der Waals surface area (Å²) in [7, 11) is 3.89. The van der Waals surface area contributed by atoms with Gasteiger partial charge < -0.3 is 15.0 Å². The second-order valence-corrected chi connectivity index (χ2v) is 5.21. The van der Waals surface area contributed by atoms with Gasteiger partial charge in [0, 0.05) is 13.1 Å². The van der Waals surface area contributed by atoms with E-state index in [2.05, 4.69) is 31.1 Å². The first-order chi connectivity index (χ1) is 7.85. The summed E-state index contributed by atoms with van der Waals surface area (Å²) in [6.45, 7) is 10.5. The molecule has 0 heterocycles. The minimum atomic E-state index is -0.582. The highest BCUT2D eigenvalue weighted by molar-refractivity contribution is 5.80. The van der Waals surface area contributed by atoms with Crippen molar-refractivity contribution in [3.63, 3.8) is 0 Å². The minimum absolute atomic E-state index is 0.166. The number of esters is 1. The highest BCUT2D eigenvalue weighted by Crippen LogP contribution is 2.12. The Kier molecular flexibility index (Phi) is 7.39. The second-order valence-electron chi connectivity index (χ2n) is 5.21. The molecule has 0 rings (SSSR count). The largest absolute Gasteiger partial charge is 0.465 e. The highest BCUT2D eigenvalue weighted by atomic mass is 16.5. The number of nitrogens with zero attached hydrogens (tertiary/aromatic N) is 1. The fraction of sp³-hybridized carbons (Fsp3) is 0.923. The number of nitrogens with one attached hydrogen (secondary N) is 1. The van der Waals surface area contributed by atoms with Gasteiger partial charge in [0.1, 0.15) is 5.54 Å². The minimum Gasteiger partial charge on any atom is -0.465 e. The smallest absolute Gasteiger partial charge is 0.326 e. The van der Waals surface area contributed by atoms with Gasteiger partial charge in [-0.15, -0.1) is 0 Å². The number of hydrogen-bond donors (Lipinski definition) is 1. The molecule has 0 spiro atoms. The van der Waals surface area contributed by atoms with Gasteiger partial charge in [0.25, 0.3) is 0 Å². The topological polar surface area (TPSA) is 41.6 Å². The molecule has 0 fully saturated rings. The predicted molar refractivity (Wildman–Crippen MR) is 71.0 cm³/mol. The Hall–Kier alpha value is -0.610. The van der Waals surface area contributed by atoms with Gasteiger partial charge in [-0.3, -0.25) is 4.79 Å². The lowest BCUT2D eigenvalue weighted by molar-refractivity contribution is -0.150. The summed E-state index contributed by atoms with van der Waals surface area (Å²) < 4.78 is 5.09. The van der Waals surface area contributed by atoms with Crippen molar-refractivity contribution in [2.45, 2.75) is 39.7 Å². The molecule has 17 heavy (non-hydrogen) atoms. The molecule has 1 N–H and O–H groups in total. The summed E-state index contributed by atoms with van der Waals surface area (Å²) in [5.74, 6) is 0.476. The van der Waals surface area contributed by atoms with Crippen molar-refractivity contribution < 1.29 is 9.53 Å². The van der Waals surface area contributed by atoms with Crippen LogP contribution in [0.3, 0.4) is 0 Å². The van der Waals surface area contributed by atoms with E-state index in [9.17, 15) is 4.79 Å². The molecule has 1 atom stereocenters. The van der Waals surface area contributed by atoms with Crippen LogP contribution in [0.5, 0.6) is 0 Å². The average molecular weight is 244 g/mol. The first kappa shape index (κ1) is 16.4. The van der Waals surface area contributed by atoms with Crippen molar-refractivity contribution >= 4 is 5.97 Å². The number of carbonyl (C=O) groups excluding carboxylic acids is 1. The van der Waals surface area contributed by atoms with Crippen molar-refractivity contribution in [1.29, 1.82) is 0 Å².